The lowest BCUT2D eigenvalue weighted by atomic mass is 9.95. The Hall–Kier alpha value is -1.76. The van der Waals surface area contributed by atoms with Crippen molar-refractivity contribution in [1.82, 2.24) is 24.2 Å². The molecule has 0 amide bonds. The summed E-state index contributed by atoms with van der Waals surface area (Å²) in [6, 6.07) is 4.94. The maximum Gasteiger partial charge on any atom is 0.137 e. The van der Waals surface area contributed by atoms with E-state index in [0.717, 1.165) is 31.2 Å². The van der Waals surface area contributed by atoms with E-state index < -0.39 is 0 Å². The number of imidazole rings is 1. The summed E-state index contributed by atoms with van der Waals surface area (Å²) in [5.41, 5.74) is 6.68. The van der Waals surface area contributed by atoms with Gasteiger partial charge in [-0.05, 0) is 43.4 Å². The molecule has 136 valence electrons. The van der Waals surface area contributed by atoms with Crippen LogP contribution in [0.5, 0.6) is 0 Å². The minimum atomic E-state index is 0.638. The van der Waals surface area contributed by atoms with Crippen LogP contribution in [0.25, 0.3) is 5.65 Å². The van der Waals surface area contributed by atoms with Crippen LogP contribution in [0.3, 0.4) is 0 Å². The molecule has 2 bridgehead atoms. The van der Waals surface area contributed by atoms with Gasteiger partial charge < -0.3 is 4.40 Å². The summed E-state index contributed by atoms with van der Waals surface area (Å²) in [6.45, 7) is 7.64. The lowest BCUT2D eigenvalue weighted by molar-refractivity contribution is 0.121. The van der Waals surface area contributed by atoms with Gasteiger partial charge >= 0.3 is 0 Å². The van der Waals surface area contributed by atoms with Gasteiger partial charge in [0.1, 0.15) is 5.65 Å². The third-order valence-corrected chi connectivity index (χ3v) is 6.44. The van der Waals surface area contributed by atoms with Crippen LogP contribution >= 0.6 is 11.3 Å². The Balaban J connectivity index is 1.31. The molecule has 3 aliphatic rings. The number of pyridine rings is 1. The van der Waals surface area contributed by atoms with Crippen molar-refractivity contribution in [3.05, 3.63) is 52.4 Å². The van der Waals surface area contributed by atoms with E-state index in [1.807, 2.05) is 5.51 Å². The molecule has 3 fully saturated rings. The Bertz CT molecular complexity index is 887. The van der Waals surface area contributed by atoms with Gasteiger partial charge in [0.15, 0.2) is 0 Å². The van der Waals surface area contributed by atoms with Crippen LogP contribution < -0.4 is 0 Å². The largest absolute Gasteiger partial charge is 0.307 e. The summed E-state index contributed by atoms with van der Waals surface area (Å²) in [5.74, 6) is 0.770. The normalized spacial score (nSPS) is 24.3. The highest BCUT2D eigenvalue weighted by molar-refractivity contribution is 7.07. The second-order valence-corrected chi connectivity index (χ2v) is 8.62. The molecule has 2 atom stereocenters. The van der Waals surface area contributed by atoms with Crippen LogP contribution in [-0.4, -0.2) is 49.8 Å². The summed E-state index contributed by atoms with van der Waals surface area (Å²) >= 11 is 1.70. The highest BCUT2D eigenvalue weighted by atomic mass is 32.1. The molecule has 0 saturated carbocycles. The fraction of sp³-hybridized carbons (Fsp3) is 0.500. The van der Waals surface area contributed by atoms with Crippen LogP contribution in [0, 0.1) is 12.8 Å². The smallest absolute Gasteiger partial charge is 0.137 e. The molecule has 26 heavy (non-hydrogen) atoms. The van der Waals surface area contributed by atoms with E-state index in [2.05, 4.69) is 56.0 Å². The highest BCUT2D eigenvalue weighted by Crippen LogP contribution is 2.30. The van der Waals surface area contributed by atoms with Crippen molar-refractivity contribution in [2.45, 2.75) is 38.9 Å². The van der Waals surface area contributed by atoms with Gasteiger partial charge in [-0.2, -0.15) is 0 Å². The fourth-order valence-electron chi connectivity index (χ4n) is 4.56. The predicted octanol–water partition coefficient (Wildman–Crippen LogP) is 3.20. The number of hydrogen-bond donors (Lipinski definition) is 0. The van der Waals surface area contributed by atoms with Gasteiger partial charge in [-0.15, -0.1) is 11.3 Å². The summed E-state index contributed by atoms with van der Waals surface area (Å²) in [7, 11) is 0. The molecule has 5 nitrogen and oxygen atoms in total. The minimum Gasteiger partial charge on any atom is -0.307 e. The molecule has 6 heteroatoms. The van der Waals surface area contributed by atoms with E-state index >= 15 is 0 Å². The topological polar surface area (TPSA) is 36.7 Å². The average Bonchev–Trinajstić information content (AvgIpc) is 3.17. The highest BCUT2D eigenvalue weighted by Gasteiger charge is 2.35. The zero-order valence-corrected chi connectivity index (χ0v) is 16.0. The van der Waals surface area contributed by atoms with Gasteiger partial charge in [0.25, 0.3) is 0 Å². The monoisotopic (exact) mass is 367 g/mol. The number of rotatable bonds is 4. The van der Waals surface area contributed by atoms with Gasteiger partial charge in [-0.3, -0.25) is 9.80 Å². The van der Waals surface area contributed by atoms with Crippen molar-refractivity contribution in [3.63, 3.8) is 0 Å². The van der Waals surface area contributed by atoms with Crippen LogP contribution in [0.1, 0.15) is 29.8 Å². The number of aromatic nitrogens is 3. The van der Waals surface area contributed by atoms with Crippen molar-refractivity contribution in [2.75, 3.05) is 19.6 Å². The van der Waals surface area contributed by atoms with Gasteiger partial charge in [0.2, 0.25) is 0 Å². The molecule has 0 aromatic carbocycles. The van der Waals surface area contributed by atoms with Gasteiger partial charge in [-0.25, -0.2) is 9.97 Å². The molecule has 3 saturated heterocycles. The fourth-order valence-corrected chi connectivity index (χ4v) is 5.11. The van der Waals surface area contributed by atoms with E-state index in [9.17, 15) is 0 Å². The molecule has 0 unspecified atom stereocenters. The summed E-state index contributed by atoms with van der Waals surface area (Å²) in [6.07, 6.45) is 6.98. The molecular weight excluding hydrogens is 342 g/mol. The standard InChI is InChI=1S/C20H25N5S/c1-15-4-5-24-10-17(22-20(24)6-15)11-25-8-16-2-3-19(25)12-23(7-16)9-18-13-26-14-21-18/h4-6,10,13-14,16,19H,2-3,7-9,11-12H2,1H3/t16-,19+/m0/s1. The zero-order valence-electron chi connectivity index (χ0n) is 15.2. The summed E-state index contributed by atoms with van der Waals surface area (Å²) < 4.78 is 2.15. The number of fused-ring (bicyclic) bond motifs is 5. The van der Waals surface area contributed by atoms with Gasteiger partial charge in [0, 0.05) is 56.5 Å². The average molecular weight is 368 g/mol. The van der Waals surface area contributed by atoms with Crippen molar-refractivity contribution in [1.29, 1.82) is 0 Å². The first kappa shape index (κ1) is 16.4. The number of hydrogen-bond acceptors (Lipinski definition) is 5. The first-order valence-corrected chi connectivity index (χ1v) is 10.4. The summed E-state index contributed by atoms with van der Waals surface area (Å²) in [4.78, 5) is 14.6. The molecule has 3 aromatic heterocycles. The van der Waals surface area contributed by atoms with Crippen LogP contribution in [0.2, 0.25) is 0 Å². The van der Waals surface area contributed by atoms with Crippen molar-refractivity contribution in [3.8, 4) is 0 Å². The molecule has 3 aliphatic heterocycles. The molecule has 0 spiro atoms. The van der Waals surface area contributed by atoms with E-state index in [-0.39, 0.29) is 0 Å². The Morgan fingerprint density at radius 3 is 3.00 bits per heavy atom. The molecule has 0 aliphatic carbocycles. The van der Waals surface area contributed by atoms with Crippen molar-refractivity contribution in [2.24, 2.45) is 5.92 Å². The SMILES string of the molecule is Cc1ccn2cc(CN3C[C@H]4CC[C@@H]3CN(Cc3cscn3)C4)nc2c1. The third-order valence-electron chi connectivity index (χ3n) is 5.80. The van der Waals surface area contributed by atoms with Gasteiger partial charge in [-0.1, -0.05) is 0 Å². The molecule has 3 aromatic rings. The first-order valence-electron chi connectivity index (χ1n) is 9.50. The quantitative estimate of drug-likeness (QED) is 0.710. The minimum absolute atomic E-state index is 0.638. The first-order chi connectivity index (χ1) is 12.7. The van der Waals surface area contributed by atoms with Crippen molar-refractivity contribution >= 4 is 17.0 Å². The van der Waals surface area contributed by atoms with E-state index in [1.165, 1.54) is 42.9 Å². The van der Waals surface area contributed by atoms with E-state index in [1.54, 1.807) is 11.3 Å². The Labute approximate surface area is 158 Å². The Morgan fingerprint density at radius 1 is 1.15 bits per heavy atom. The number of piperidine rings is 1. The molecule has 0 radical (unpaired) electrons. The van der Waals surface area contributed by atoms with Crippen molar-refractivity contribution < 1.29 is 0 Å². The van der Waals surface area contributed by atoms with Crippen LogP contribution in [0.4, 0.5) is 0 Å². The lowest BCUT2D eigenvalue weighted by Gasteiger charge is -2.35. The number of aryl methyl sites for hydroxylation is 1. The Kier molecular flexibility index (Phi) is 4.27. The van der Waals surface area contributed by atoms with E-state index in [0.29, 0.717) is 6.04 Å². The molecule has 0 N–H and O–H groups in total. The van der Waals surface area contributed by atoms with Gasteiger partial charge in [0.05, 0.1) is 16.9 Å². The maximum absolute atomic E-state index is 4.86. The summed E-state index contributed by atoms with van der Waals surface area (Å²) in [5, 5.41) is 2.18. The number of nitrogens with zero attached hydrogens (tertiary/aromatic N) is 5. The van der Waals surface area contributed by atoms with E-state index in [4.69, 9.17) is 4.98 Å². The third kappa shape index (κ3) is 3.29. The Morgan fingerprint density at radius 2 is 2.12 bits per heavy atom. The molecule has 6 heterocycles. The maximum atomic E-state index is 4.86. The second kappa shape index (κ2) is 6.76. The van der Waals surface area contributed by atoms with Crippen LogP contribution in [0.15, 0.2) is 35.4 Å². The lowest BCUT2D eigenvalue weighted by Crippen LogP contribution is -2.43. The molecule has 6 rings (SSSR count). The second-order valence-electron chi connectivity index (χ2n) is 7.90. The molecular formula is C20H25N5S. The predicted molar refractivity (Wildman–Crippen MR) is 104 cm³/mol. The zero-order chi connectivity index (χ0) is 17.5. The van der Waals surface area contributed by atoms with Crippen LogP contribution in [-0.2, 0) is 13.1 Å². The number of thiazole rings is 1.